The lowest BCUT2D eigenvalue weighted by atomic mass is 10.2. The molecule has 2 aromatic rings. The van der Waals surface area contributed by atoms with Crippen molar-refractivity contribution >= 4 is 23.8 Å². The van der Waals surface area contributed by atoms with Gasteiger partial charge < -0.3 is 4.74 Å². The fraction of sp³-hybridized carbons (Fsp3) is 0.333. The zero-order valence-electron chi connectivity index (χ0n) is 10.4. The number of methoxy groups -OCH3 is 1. The Morgan fingerprint density at radius 1 is 1.44 bits per heavy atom. The van der Waals surface area contributed by atoms with Crippen molar-refractivity contribution in [3.63, 3.8) is 0 Å². The van der Waals surface area contributed by atoms with Crippen molar-refractivity contribution in [2.24, 2.45) is 0 Å². The topological polar surface area (TPSA) is 42.8 Å². The molecule has 1 aromatic carbocycles. The second-order valence-corrected chi connectivity index (χ2v) is 4.98. The molecule has 0 saturated carbocycles. The van der Waals surface area contributed by atoms with Crippen LogP contribution in [0.4, 0.5) is 0 Å². The Morgan fingerprint density at radius 2 is 2.17 bits per heavy atom. The van der Waals surface area contributed by atoms with E-state index in [-0.39, 0.29) is 6.04 Å². The average molecular weight is 284 g/mol. The number of aromatic nitrogens is 3. The molecule has 0 saturated heterocycles. The molecular formula is C12H14ClN3OS. The first kappa shape index (κ1) is 13.1. The first-order valence-electron chi connectivity index (χ1n) is 5.55. The van der Waals surface area contributed by atoms with Crippen LogP contribution in [0.3, 0.4) is 0 Å². The zero-order chi connectivity index (χ0) is 13.3. The number of hydrogen-bond donors (Lipinski definition) is 1. The average Bonchev–Trinajstić information content (AvgIpc) is 2.71. The maximum absolute atomic E-state index is 6.03. The normalized spacial score (nSPS) is 10.9. The predicted octanol–water partition coefficient (Wildman–Crippen LogP) is 3.85. The van der Waals surface area contributed by atoms with Crippen LogP contribution in [0.1, 0.15) is 19.9 Å². The summed E-state index contributed by atoms with van der Waals surface area (Å²) in [6.45, 7) is 4.09. The van der Waals surface area contributed by atoms with Crippen molar-refractivity contribution in [3.05, 3.63) is 28.0 Å². The number of nitrogens with zero attached hydrogens (tertiary/aromatic N) is 2. The van der Waals surface area contributed by atoms with E-state index in [1.807, 2.05) is 30.5 Å². The van der Waals surface area contributed by atoms with Crippen LogP contribution in [0.15, 0.2) is 18.2 Å². The van der Waals surface area contributed by atoms with Gasteiger partial charge in [0.2, 0.25) is 0 Å². The number of aromatic amines is 1. The highest BCUT2D eigenvalue weighted by Crippen LogP contribution is 2.32. The van der Waals surface area contributed by atoms with Gasteiger partial charge in [-0.25, -0.2) is 0 Å². The Bertz CT molecular complexity index is 618. The number of H-pyrrole nitrogens is 1. The van der Waals surface area contributed by atoms with Crippen molar-refractivity contribution < 1.29 is 4.74 Å². The Kier molecular flexibility index (Phi) is 3.73. The third-order valence-corrected chi connectivity index (χ3v) is 3.15. The monoisotopic (exact) mass is 283 g/mol. The fourth-order valence-corrected chi connectivity index (χ4v) is 2.34. The summed E-state index contributed by atoms with van der Waals surface area (Å²) in [5, 5.41) is 7.70. The Morgan fingerprint density at radius 3 is 2.78 bits per heavy atom. The molecule has 1 N–H and O–H groups in total. The summed E-state index contributed by atoms with van der Waals surface area (Å²) in [7, 11) is 1.62. The molecule has 0 aliphatic carbocycles. The van der Waals surface area contributed by atoms with E-state index in [4.69, 9.17) is 28.6 Å². The van der Waals surface area contributed by atoms with E-state index >= 15 is 0 Å². The van der Waals surface area contributed by atoms with Crippen LogP contribution in [0, 0.1) is 4.77 Å². The first-order valence-corrected chi connectivity index (χ1v) is 6.34. The Hall–Kier alpha value is -1.33. The second-order valence-electron chi connectivity index (χ2n) is 4.16. The Balaban J connectivity index is 2.69. The summed E-state index contributed by atoms with van der Waals surface area (Å²) < 4.78 is 7.86. The van der Waals surface area contributed by atoms with Gasteiger partial charge in [-0.05, 0) is 44.3 Å². The molecule has 0 aliphatic rings. The van der Waals surface area contributed by atoms with Crippen molar-refractivity contribution in [3.8, 4) is 17.1 Å². The van der Waals surface area contributed by atoms with Gasteiger partial charge in [0.25, 0.3) is 0 Å². The fourth-order valence-electron chi connectivity index (χ4n) is 1.83. The lowest BCUT2D eigenvalue weighted by Crippen LogP contribution is -2.04. The van der Waals surface area contributed by atoms with Crippen LogP contribution in [-0.2, 0) is 0 Å². The summed E-state index contributed by atoms with van der Waals surface area (Å²) in [6, 6.07) is 5.63. The summed E-state index contributed by atoms with van der Waals surface area (Å²) in [4.78, 5) is 0. The van der Waals surface area contributed by atoms with E-state index in [0.29, 0.717) is 9.79 Å². The van der Waals surface area contributed by atoms with Crippen molar-refractivity contribution in [2.75, 3.05) is 7.11 Å². The predicted molar refractivity (Wildman–Crippen MR) is 74.8 cm³/mol. The van der Waals surface area contributed by atoms with E-state index in [2.05, 4.69) is 10.2 Å². The van der Waals surface area contributed by atoms with Crippen molar-refractivity contribution in [1.82, 2.24) is 14.8 Å². The van der Waals surface area contributed by atoms with Gasteiger partial charge in [-0.2, -0.15) is 5.10 Å². The number of hydrogen-bond acceptors (Lipinski definition) is 3. The van der Waals surface area contributed by atoms with Gasteiger partial charge in [0.05, 0.1) is 12.7 Å². The highest BCUT2D eigenvalue weighted by atomic mass is 35.5. The molecule has 6 heteroatoms. The molecule has 0 bridgehead atoms. The first-order chi connectivity index (χ1) is 8.54. The van der Waals surface area contributed by atoms with Gasteiger partial charge in [0, 0.05) is 11.1 Å². The summed E-state index contributed by atoms with van der Waals surface area (Å²) in [5.41, 5.74) is 0.825. The molecule has 4 nitrogen and oxygen atoms in total. The van der Waals surface area contributed by atoms with E-state index < -0.39 is 0 Å². The molecule has 2 rings (SSSR count). The minimum atomic E-state index is 0.204. The molecule has 0 radical (unpaired) electrons. The van der Waals surface area contributed by atoms with Crippen molar-refractivity contribution in [1.29, 1.82) is 0 Å². The van der Waals surface area contributed by atoms with Gasteiger partial charge in [-0.15, -0.1) is 0 Å². The highest BCUT2D eigenvalue weighted by molar-refractivity contribution is 7.71. The quantitative estimate of drug-likeness (QED) is 0.870. The SMILES string of the molecule is COc1ccc(Cl)cc1-c1n[nH]c(=S)n1C(C)C. The summed E-state index contributed by atoms with van der Waals surface area (Å²) >= 11 is 11.3. The number of nitrogens with one attached hydrogen (secondary N) is 1. The Labute approximate surface area is 116 Å². The summed E-state index contributed by atoms with van der Waals surface area (Å²) in [5.74, 6) is 1.45. The van der Waals surface area contributed by atoms with E-state index in [0.717, 1.165) is 17.1 Å². The van der Waals surface area contributed by atoms with Crippen LogP contribution < -0.4 is 4.74 Å². The van der Waals surface area contributed by atoms with Crippen LogP contribution >= 0.6 is 23.8 Å². The minimum Gasteiger partial charge on any atom is -0.496 e. The van der Waals surface area contributed by atoms with Gasteiger partial charge in [-0.1, -0.05) is 11.6 Å². The number of ether oxygens (including phenoxy) is 1. The third kappa shape index (κ3) is 2.28. The lowest BCUT2D eigenvalue weighted by Gasteiger charge is -2.13. The van der Waals surface area contributed by atoms with E-state index in [1.165, 1.54) is 0 Å². The largest absolute Gasteiger partial charge is 0.496 e. The number of rotatable bonds is 3. The van der Waals surface area contributed by atoms with Crippen LogP contribution in [0.2, 0.25) is 5.02 Å². The molecule has 0 amide bonds. The van der Waals surface area contributed by atoms with E-state index in [1.54, 1.807) is 13.2 Å². The maximum atomic E-state index is 6.03. The molecular weight excluding hydrogens is 270 g/mol. The van der Waals surface area contributed by atoms with Crippen molar-refractivity contribution in [2.45, 2.75) is 19.9 Å². The zero-order valence-corrected chi connectivity index (χ0v) is 12.0. The highest BCUT2D eigenvalue weighted by Gasteiger charge is 2.15. The molecule has 0 fully saturated rings. The molecule has 0 spiro atoms. The van der Waals surface area contributed by atoms with Crippen LogP contribution in [0.25, 0.3) is 11.4 Å². The molecule has 1 aromatic heterocycles. The third-order valence-electron chi connectivity index (χ3n) is 2.62. The molecule has 96 valence electrons. The minimum absolute atomic E-state index is 0.204. The smallest absolute Gasteiger partial charge is 0.195 e. The maximum Gasteiger partial charge on any atom is 0.195 e. The van der Waals surface area contributed by atoms with Gasteiger partial charge >= 0.3 is 0 Å². The molecule has 1 heterocycles. The molecule has 0 aliphatic heterocycles. The number of benzene rings is 1. The summed E-state index contributed by atoms with van der Waals surface area (Å²) in [6.07, 6.45) is 0. The lowest BCUT2D eigenvalue weighted by molar-refractivity contribution is 0.415. The van der Waals surface area contributed by atoms with Gasteiger partial charge in [-0.3, -0.25) is 9.67 Å². The van der Waals surface area contributed by atoms with Crippen LogP contribution in [-0.4, -0.2) is 21.9 Å². The van der Waals surface area contributed by atoms with E-state index in [9.17, 15) is 0 Å². The van der Waals surface area contributed by atoms with Gasteiger partial charge in [0.15, 0.2) is 10.6 Å². The number of halogens is 1. The van der Waals surface area contributed by atoms with Crippen LogP contribution in [0.5, 0.6) is 5.75 Å². The second kappa shape index (κ2) is 5.12. The molecule has 0 unspecified atom stereocenters. The molecule has 0 atom stereocenters. The molecule has 18 heavy (non-hydrogen) atoms. The standard InChI is InChI=1S/C12H14ClN3OS/c1-7(2)16-11(14-15-12(16)18)9-6-8(13)4-5-10(9)17-3/h4-7H,1-3H3,(H,15,18). The van der Waals surface area contributed by atoms with Gasteiger partial charge in [0.1, 0.15) is 5.75 Å².